The number of hydrogen-bond acceptors (Lipinski definition) is 2. The van der Waals surface area contributed by atoms with E-state index in [4.69, 9.17) is 0 Å². The minimum Gasteiger partial charge on any atom is -0.342 e. The summed E-state index contributed by atoms with van der Waals surface area (Å²) in [4.78, 5) is 6.88. The average molecular weight is 411 g/mol. The standard InChI is InChI=1S/C15H19N2.W/c1-11-6-7-12-5-4-8-16-14(12)17(11)13-9-15(2,3)10-13;/h5,8,13H,1,6-7,9-10H2,2-3H3;/q-1;. The Morgan fingerprint density at radius 1 is 1.39 bits per heavy atom. The molecule has 1 saturated carbocycles. The molecular formula is C15H19N2W-. The number of aromatic nitrogens is 1. The predicted molar refractivity (Wildman–Crippen MR) is 69.8 cm³/mol. The number of fused-ring (bicyclic) bond motifs is 1. The predicted octanol–water partition coefficient (Wildman–Crippen LogP) is 3.33. The molecule has 18 heavy (non-hydrogen) atoms. The van der Waals surface area contributed by atoms with Gasteiger partial charge in [-0.1, -0.05) is 33.0 Å². The zero-order valence-electron chi connectivity index (χ0n) is 11.1. The number of hydrogen-bond donors (Lipinski definition) is 0. The molecule has 0 amide bonds. The molecule has 1 fully saturated rings. The van der Waals surface area contributed by atoms with Crippen LogP contribution in [0.1, 0.15) is 38.7 Å². The first-order valence-electron chi connectivity index (χ1n) is 6.39. The molecule has 0 saturated heterocycles. The number of allylic oxidation sites excluding steroid dienone is 1. The Balaban J connectivity index is 0.00000120. The number of anilines is 1. The second-order valence-corrected chi connectivity index (χ2v) is 6.08. The van der Waals surface area contributed by atoms with Crippen LogP contribution in [-0.2, 0) is 27.5 Å². The maximum Gasteiger partial charge on any atom is 0.0509 e. The van der Waals surface area contributed by atoms with Crippen LogP contribution in [0.5, 0.6) is 0 Å². The van der Waals surface area contributed by atoms with E-state index in [1.54, 1.807) is 6.20 Å². The summed E-state index contributed by atoms with van der Waals surface area (Å²) in [5.41, 5.74) is 3.05. The van der Waals surface area contributed by atoms with E-state index in [0.717, 1.165) is 18.7 Å². The van der Waals surface area contributed by atoms with E-state index < -0.39 is 0 Å². The van der Waals surface area contributed by atoms with Crippen molar-refractivity contribution in [1.29, 1.82) is 0 Å². The molecule has 0 spiro atoms. The molecule has 0 bridgehead atoms. The van der Waals surface area contributed by atoms with Crippen LogP contribution in [0.2, 0.25) is 0 Å². The molecule has 3 rings (SSSR count). The fraction of sp³-hybridized carbons (Fsp3) is 0.533. The summed E-state index contributed by atoms with van der Waals surface area (Å²) in [7, 11) is 0. The van der Waals surface area contributed by atoms with Gasteiger partial charge in [-0.25, -0.2) is 12.1 Å². The van der Waals surface area contributed by atoms with Crippen molar-refractivity contribution in [2.24, 2.45) is 5.41 Å². The van der Waals surface area contributed by atoms with Gasteiger partial charge < -0.3 is 4.90 Å². The van der Waals surface area contributed by atoms with Gasteiger partial charge in [-0.15, -0.1) is 0 Å². The molecule has 1 aromatic heterocycles. The first kappa shape index (κ1) is 13.8. The molecule has 0 atom stereocenters. The van der Waals surface area contributed by atoms with Crippen LogP contribution in [0.3, 0.4) is 0 Å². The van der Waals surface area contributed by atoms with E-state index >= 15 is 0 Å². The quantitative estimate of drug-likeness (QED) is 0.660. The van der Waals surface area contributed by atoms with E-state index in [-0.39, 0.29) is 21.1 Å². The van der Waals surface area contributed by atoms with Gasteiger partial charge in [-0.2, -0.15) is 5.56 Å². The second kappa shape index (κ2) is 4.81. The smallest absolute Gasteiger partial charge is 0.0509 e. The van der Waals surface area contributed by atoms with Gasteiger partial charge in [-0.05, 0) is 24.7 Å². The van der Waals surface area contributed by atoms with E-state index in [2.05, 4.69) is 42.4 Å². The Bertz CT molecular complexity index is 459. The minimum atomic E-state index is 0. The molecule has 1 aliphatic carbocycles. The Morgan fingerprint density at radius 3 is 2.78 bits per heavy atom. The van der Waals surface area contributed by atoms with Crippen molar-refractivity contribution in [3.8, 4) is 0 Å². The van der Waals surface area contributed by atoms with Gasteiger partial charge in [0, 0.05) is 32.8 Å². The van der Waals surface area contributed by atoms with Gasteiger partial charge in [0.25, 0.3) is 0 Å². The van der Waals surface area contributed by atoms with Crippen molar-refractivity contribution >= 4 is 5.82 Å². The third-order valence-corrected chi connectivity index (χ3v) is 4.00. The molecule has 3 heteroatoms. The summed E-state index contributed by atoms with van der Waals surface area (Å²) in [5, 5.41) is 0. The number of rotatable bonds is 1. The number of nitrogens with zero attached hydrogens (tertiary/aromatic N) is 2. The van der Waals surface area contributed by atoms with Gasteiger partial charge in [-0.3, -0.25) is 4.98 Å². The van der Waals surface area contributed by atoms with E-state index in [1.807, 2.05) is 0 Å². The number of pyridine rings is 1. The topological polar surface area (TPSA) is 16.1 Å². The van der Waals surface area contributed by atoms with Crippen LogP contribution in [0.15, 0.2) is 24.5 Å². The Labute approximate surface area is 124 Å². The molecule has 2 heterocycles. The van der Waals surface area contributed by atoms with Gasteiger partial charge in [0.2, 0.25) is 0 Å². The zero-order valence-corrected chi connectivity index (χ0v) is 14.0. The van der Waals surface area contributed by atoms with Crippen molar-refractivity contribution in [3.63, 3.8) is 0 Å². The van der Waals surface area contributed by atoms with Crippen LogP contribution in [0.4, 0.5) is 5.82 Å². The first-order valence-corrected chi connectivity index (χ1v) is 6.39. The summed E-state index contributed by atoms with van der Waals surface area (Å²) in [6.07, 6.45) is 6.38. The normalized spacial score (nSPS) is 21.9. The molecule has 2 nitrogen and oxygen atoms in total. The SMILES string of the molecule is C=C1CCc2c[c-]cnc2N1C1CC(C)(C)C1.[W]. The molecule has 1 aromatic rings. The monoisotopic (exact) mass is 411 g/mol. The third-order valence-electron chi connectivity index (χ3n) is 4.00. The molecule has 0 unspecified atom stereocenters. The zero-order chi connectivity index (χ0) is 12.0. The van der Waals surface area contributed by atoms with Crippen LogP contribution in [-0.4, -0.2) is 11.0 Å². The minimum absolute atomic E-state index is 0. The third kappa shape index (κ3) is 2.28. The molecule has 96 valence electrons. The van der Waals surface area contributed by atoms with Gasteiger partial charge in [0.15, 0.2) is 0 Å². The van der Waals surface area contributed by atoms with Crippen LogP contribution in [0.25, 0.3) is 0 Å². The summed E-state index contributed by atoms with van der Waals surface area (Å²) >= 11 is 0. The first-order chi connectivity index (χ1) is 8.07. The van der Waals surface area contributed by atoms with Crippen LogP contribution in [0, 0.1) is 11.5 Å². The van der Waals surface area contributed by atoms with Crippen molar-refractivity contribution < 1.29 is 21.1 Å². The summed E-state index contributed by atoms with van der Waals surface area (Å²) in [6.45, 7) is 8.89. The van der Waals surface area contributed by atoms with Crippen molar-refractivity contribution in [2.45, 2.75) is 45.6 Å². The Morgan fingerprint density at radius 2 is 2.11 bits per heavy atom. The van der Waals surface area contributed by atoms with E-state index in [0.29, 0.717) is 11.5 Å². The van der Waals surface area contributed by atoms with Gasteiger partial charge in [0.05, 0.1) is 5.82 Å². The van der Waals surface area contributed by atoms with Crippen molar-refractivity contribution in [3.05, 3.63) is 36.2 Å². The average Bonchev–Trinajstić information content (AvgIpc) is 2.26. The summed E-state index contributed by atoms with van der Waals surface area (Å²) in [5.74, 6) is 1.13. The summed E-state index contributed by atoms with van der Waals surface area (Å²) < 4.78 is 0. The second-order valence-electron chi connectivity index (χ2n) is 6.08. The molecule has 0 aromatic carbocycles. The van der Waals surface area contributed by atoms with Crippen molar-refractivity contribution in [2.75, 3.05) is 4.90 Å². The maximum atomic E-state index is 4.51. The molecule has 0 radical (unpaired) electrons. The molecule has 2 aliphatic rings. The maximum absolute atomic E-state index is 4.51. The Kier molecular flexibility index (Phi) is 3.69. The van der Waals surface area contributed by atoms with Crippen LogP contribution < -0.4 is 4.90 Å². The fourth-order valence-electron chi connectivity index (χ4n) is 3.16. The molecular weight excluding hydrogens is 392 g/mol. The van der Waals surface area contributed by atoms with Gasteiger partial charge in [0.1, 0.15) is 0 Å². The van der Waals surface area contributed by atoms with Gasteiger partial charge >= 0.3 is 0 Å². The largest absolute Gasteiger partial charge is 0.342 e. The molecule has 1 aliphatic heterocycles. The number of aryl methyl sites for hydroxylation is 1. The Hall–Kier alpha value is -0.622. The fourth-order valence-corrected chi connectivity index (χ4v) is 3.16. The van der Waals surface area contributed by atoms with E-state index in [9.17, 15) is 0 Å². The van der Waals surface area contributed by atoms with Crippen LogP contribution >= 0.6 is 0 Å². The molecule has 0 N–H and O–H groups in total. The van der Waals surface area contributed by atoms with E-state index in [1.165, 1.54) is 24.1 Å². The van der Waals surface area contributed by atoms with Crippen molar-refractivity contribution in [1.82, 2.24) is 4.98 Å². The summed E-state index contributed by atoms with van der Waals surface area (Å²) in [6, 6.07) is 5.76.